The van der Waals surface area contributed by atoms with E-state index in [1.807, 2.05) is 17.0 Å². The van der Waals surface area contributed by atoms with Crippen LogP contribution in [-0.2, 0) is 6.42 Å². The number of aryl methyl sites for hydroxylation is 1. The number of benzene rings is 1. The fourth-order valence-electron chi connectivity index (χ4n) is 3.78. The molecule has 2 aromatic heterocycles. The van der Waals surface area contributed by atoms with Crippen LogP contribution in [0.3, 0.4) is 0 Å². The zero-order valence-electron chi connectivity index (χ0n) is 16.8. The zero-order valence-corrected chi connectivity index (χ0v) is 16.8. The van der Waals surface area contributed by atoms with Gasteiger partial charge in [-0.25, -0.2) is 4.98 Å². The molecule has 1 aliphatic rings. The van der Waals surface area contributed by atoms with Crippen molar-refractivity contribution in [2.45, 2.75) is 32.1 Å². The van der Waals surface area contributed by atoms with Crippen molar-refractivity contribution in [3.8, 4) is 5.75 Å². The summed E-state index contributed by atoms with van der Waals surface area (Å²) in [5, 5.41) is 0. The number of amides is 1. The number of carbonyl (C=O) groups excluding carboxylic acids is 1. The van der Waals surface area contributed by atoms with Crippen LogP contribution in [0.25, 0.3) is 0 Å². The smallest absolute Gasteiger partial charge is 0.275 e. The minimum atomic E-state index is -0.0542. The third-order valence-electron chi connectivity index (χ3n) is 5.41. The van der Waals surface area contributed by atoms with Crippen molar-refractivity contribution in [3.63, 3.8) is 0 Å². The highest BCUT2D eigenvalue weighted by atomic mass is 16.5. The van der Waals surface area contributed by atoms with Gasteiger partial charge in [0.2, 0.25) is 0 Å². The number of oxazole rings is 1. The maximum absolute atomic E-state index is 12.5. The van der Waals surface area contributed by atoms with E-state index in [9.17, 15) is 4.79 Å². The Morgan fingerprint density at radius 2 is 1.90 bits per heavy atom. The van der Waals surface area contributed by atoms with E-state index in [-0.39, 0.29) is 5.91 Å². The molecule has 6 nitrogen and oxygen atoms in total. The second-order valence-electron chi connectivity index (χ2n) is 7.40. The second-order valence-corrected chi connectivity index (χ2v) is 7.40. The average molecular weight is 391 g/mol. The minimum Gasteiger partial charge on any atom is -0.497 e. The van der Waals surface area contributed by atoms with E-state index < -0.39 is 0 Å². The minimum absolute atomic E-state index is 0.0542. The first kappa shape index (κ1) is 19.2. The molecule has 1 aromatic carbocycles. The summed E-state index contributed by atoms with van der Waals surface area (Å²) in [6.07, 6.45) is 4.04. The zero-order chi connectivity index (χ0) is 20.2. The second kappa shape index (κ2) is 8.47. The van der Waals surface area contributed by atoms with E-state index in [0.717, 1.165) is 36.4 Å². The molecule has 0 saturated carbocycles. The van der Waals surface area contributed by atoms with Gasteiger partial charge in [0.05, 0.1) is 7.11 Å². The predicted octanol–water partition coefficient (Wildman–Crippen LogP) is 4.00. The molecule has 6 heteroatoms. The number of ether oxygens (including phenoxy) is 1. The lowest BCUT2D eigenvalue weighted by Crippen LogP contribution is -2.38. The predicted molar refractivity (Wildman–Crippen MR) is 109 cm³/mol. The summed E-state index contributed by atoms with van der Waals surface area (Å²) in [6, 6.07) is 14.3. The monoisotopic (exact) mass is 391 g/mol. The Morgan fingerprint density at radius 3 is 2.55 bits per heavy atom. The highest BCUT2D eigenvalue weighted by Gasteiger charge is 2.26. The number of carbonyl (C=O) groups is 1. The number of likely N-dealkylation sites (tertiary alicyclic amines) is 1. The first-order valence-electron chi connectivity index (χ1n) is 9.92. The van der Waals surface area contributed by atoms with Gasteiger partial charge in [-0.15, -0.1) is 0 Å². The Bertz CT molecular complexity index is 973. The summed E-state index contributed by atoms with van der Waals surface area (Å²) in [5.41, 5.74) is 3.77. The molecule has 1 fully saturated rings. The lowest BCUT2D eigenvalue weighted by atomic mass is 9.92. The molecule has 0 atom stereocenters. The van der Waals surface area contributed by atoms with Crippen LogP contribution in [0.1, 0.15) is 52.1 Å². The van der Waals surface area contributed by atoms with Crippen molar-refractivity contribution in [2.75, 3.05) is 20.2 Å². The molecule has 0 spiro atoms. The lowest BCUT2D eigenvalue weighted by molar-refractivity contribution is 0.0706. The molecule has 4 rings (SSSR count). The number of rotatable bonds is 5. The maximum Gasteiger partial charge on any atom is 0.275 e. The van der Waals surface area contributed by atoms with Crippen LogP contribution in [0.5, 0.6) is 5.75 Å². The Hall–Kier alpha value is -3.15. The van der Waals surface area contributed by atoms with E-state index in [1.165, 1.54) is 11.8 Å². The molecule has 0 aliphatic carbocycles. The fourth-order valence-corrected chi connectivity index (χ4v) is 3.78. The van der Waals surface area contributed by atoms with Gasteiger partial charge in [-0.2, -0.15) is 0 Å². The van der Waals surface area contributed by atoms with Gasteiger partial charge in [0.25, 0.3) is 5.91 Å². The Labute approximate surface area is 170 Å². The Balaban J connectivity index is 1.38. The molecule has 0 N–H and O–H groups in total. The van der Waals surface area contributed by atoms with E-state index in [0.29, 0.717) is 30.6 Å². The van der Waals surface area contributed by atoms with Crippen molar-refractivity contribution >= 4 is 5.91 Å². The molecule has 0 unspecified atom stereocenters. The summed E-state index contributed by atoms with van der Waals surface area (Å²) in [7, 11) is 1.67. The van der Waals surface area contributed by atoms with Crippen molar-refractivity contribution < 1.29 is 13.9 Å². The van der Waals surface area contributed by atoms with Gasteiger partial charge in [-0.05, 0) is 42.7 Å². The summed E-state index contributed by atoms with van der Waals surface area (Å²) in [4.78, 5) is 23.4. The van der Waals surface area contributed by atoms with Crippen LogP contribution >= 0.6 is 0 Å². The van der Waals surface area contributed by atoms with Crippen LogP contribution < -0.4 is 4.74 Å². The number of hydrogen-bond donors (Lipinski definition) is 0. The normalized spacial score (nSPS) is 14.8. The SMILES string of the molecule is COc1ccc(Cc2cccc(C3CCN(C(=O)c4coc(C)n4)CC3)n2)cc1. The Morgan fingerprint density at radius 1 is 1.14 bits per heavy atom. The van der Waals surface area contributed by atoms with Gasteiger partial charge < -0.3 is 14.1 Å². The van der Waals surface area contributed by atoms with Crippen LogP contribution in [0, 0.1) is 6.92 Å². The standard InChI is InChI=1S/C23H25N3O3/c1-16-24-22(15-29-16)23(27)26-12-10-18(11-13-26)21-5-3-4-19(25-21)14-17-6-8-20(28-2)9-7-17/h3-9,15,18H,10-14H2,1-2H3. The van der Waals surface area contributed by atoms with Gasteiger partial charge in [0.15, 0.2) is 11.6 Å². The molecule has 0 radical (unpaired) electrons. The third-order valence-corrected chi connectivity index (χ3v) is 5.41. The van der Waals surface area contributed by atoms with Crippen molar-refractivity contribution in [1.29, 1.82) is 0 Å². The molecule has 150 valence electrons. The number of aromatic nitrogens is 2. The van der Waals surface area contributed by atoms with Gasteiger partial charge in [0.1, 0.15) is 12.0 Å². The van der Waals surface area contributed by atoms with Crippen molar-refractivity contribution in [1.82, 2.24) is 14.9 Å². The maximum atomic E-state index is 12.5. The van der Waals surface area contributed by atoms with Crippen LogP contribution in [0.2, 0.25) is 0 Å². The number of pyridine rings is 1. The average Bonchev–Trinajstić information content (AvgIpc) is 3.20. The number of methoxy groups -OCH3 is 1. The first-order valence-corrected chi connectivity index (χ1v) is 9.92. The van der Waals surface area contributed by atoms with Crippen LogP contribution in [-0.4, -0.2) is 41.0 Å². The molecule has 3 heterocycles. The highest BCUT2D eigenvalue weighted by molar-refractivity contribution is 5.92. The van der Waals surface area contributed by atoms with Gasteiger partial charge in [-0.1, -0.05) is 18.2 Å². The molecule has 1 aliphatic heterocycles. The Kier molecular flexibility index (Phi) is 5.60. The van der Waals surface area contributed by atoms with E-state index in [2.05, 4.69) is 35.3 Å². The van der Waals surface area contributed by atoms with Gasteiger partial charge in [-0.3, -0.25) is 9.78 Å². The molecule has 3 aromatic rings. The summed E-state index contributed by atoms with van der Waals surface area (Å²) in [6.45, 7) is 3.16. The van der Waals surface area contributed by atoms with Crippen LogP contribution in [0.15, 0.2) is 53.1 Å². The van der Waals surface area contributed by atoms with Crippen LogP contribution in [0.4, 0.5) is 0 Å². The van der Waals surface area contributed by atoms with Gasteiger partial charge in [0, 0.05) is 43.7 Å². The largest absolute Gasteiger partial charge is 0.497 e. The molecule has 1 amide bonds. The highest BCUT2D eigenvalue weighted by Crippen LogP contribution is 2.28. The number of hydrogen-bond acceptors (Lipinski definition) is 5. The summed E-state index contributed by atoms with van der Waals surface area (Å²) >= 11 is 0. The fraction of sp³-hybridized carbons (Fsp3) is 0.348. The van der Waals surface area contributed by atoms with E-state index in [1.54, 1.807) is 14.0 Å². The summed E-state index contributed by atoms with van der Waals surface area (Å²) < 4.78 is 10.4. The van der Waals surface area contributed by atoms with E-state index >= 15 is 0 Å². The molecule has 1 saturated heterocycles. The summed E-state index contributed by atoms with van der Waals surface area (Å²) in [5.74, 6) is 1.69. The molecule has 29 heavy (non-hydrogen) atoms. The van der Waals surface area contributed by atoms with E-state index in [4.69, 9.17) is 14.1 Å². The van der Waals surface area contributed by atoms with Gasteiger partial charge >= 0.3 is 0 Å². The molecule has 0 bridgehead atoms. The van der Waals surface area contributed by atoms with Crippen molar-refractivity contribution in [3.05, 3.63) is 77.3 Å². The first-order chi connectivity index (χ1) is 14.1. The third kappa shape index (κ3) is 4.47. The topological polar surface area (TPSA) is 68.5 Å². The number of nitrogens with zero attached hydrogens (tertiary/aromatic N) is 3. The quantitative estimate of drug-likeness (QED) is 0.658. The lowest BCUT2D eigenvalue weighted by Gasteiger charge is -2.31. The number of piperidine rings is 1. The molecular formula is C23H25N3O3. The van der Waals surface area contributed by atoms with Crippen molar-refractivity contribution in [2.24, 2.45) is 0 Å². The molecular weight excluding hydrogens is 366 g/mol.